The monoisotopic (exact) mass is 579 g/mol. The summed E-state index contributed by atoms with van der Waals surface area (Å²) in [5.74, 6) is -5.64. The van der Waals surface area contributed by atoms with E-state index in [0.717, 1.165) is 12.1 Å². The van der Waals surface area contributed by atoms with Crippen molar-refractivity contribution in [3.8, 4) is 5.75 Å². The number of hydrogen-bond acceptors (Lipinski definition) is 6. The molecular formula is C21H15BrF5N3O6. The number of nitrogens with zero attached hydrogens (tertiary/aromatic N) is 3. The number of hydrogen-bond donors (Lipinski definition) is 2. The number of alkyl halides is 3. The Balaban J connectivity index is 0.000000572. The van der Waals surface area contributed by atoms with Crippen molar-refractivity contribution in [3.05, 3.63) is 85.8 Å². The van der Waals surface area contributed by atoms with Gasteiger partial charge in [0, 0.05) is 29.6 Å². The molecule has 0 unspecified atom stereocenters. The Hall–Kier alpha value is -3.88. The minimum Gasteiger partial charge on any atom is -0.487 e. The molecule has 0 aliphatic rings. The summed E-state index contributed by atoms with van der Waals surface area (Å²) >= 11 is 3.18. The Morgan fingerprint density at radius 1 is 1.14 bits per heavy atom. The highest BCUT2D eigenvalue weighted by molar-refractivity contribution is 9.10. The van der Waals surface area contributed by atoms with Crippen LogP contribution >= 0.6 is 15.9 Å². The quantitative estimate of drug-likeness (QED) is 0.420. The topological polar surface area (TPSA) is 132 Å². The first kappa shape index (κ1) is 28.4. The molecule has 9 nitrogen and oxygen atoms in total. The number of ether oxygens (including phenoxy) is 1. The molecule has 2 heterocycles. The van der Waals surface area contributed by atoms with E-state index in [0.29, 0.717) is 11.4 Å². The van der Waals surface area contributed by atoms with Gasteiger partial charge >= 0.3 is 18.1 Å². The third-order valence-electron chi connectivity index (χ3n) is 4.28. The van der Waals surface area contributed by atoms with Crippen LogP contribution in [0.4, 0.5) is 22.0 Å². The second-order valence-corrected chi connectivity index (χ2v) is 7.65. The van der Waals surface area contributed by atoms with Crippen molar-refractivity contribution in [2.24, 2.45) is 0 Å². The molecule has 0 aliphatic carbocycles. The Kier molecular flexibility index (Phi) is 9.22. The van der Waals surface area contributed by atoms with E-state index in [1.54, 1.807) is 13.0 Å². The summed E-state index contributed by atoms with van der Waals surface area (Å²) in [6.45, 7) is 1.50. The maximum absolute atomic E-state index is 13.8. The van der Waals surface area contributed by atoms with Crippen LogP contribution < -0.4 is 10.3 Å². The fraction of sp³-hybridized carbons (Fsp3) is 0.190. The second-order valence-electron chi connectivity index (χ2n) is 6.86. The average molecular weight is 580 g/mol. The van der Waals surface area contributed by atoms with Gasteiger partial charge in [-0.05, 0) is 41.1 Å². The molecule has 0 bridgehead atoms. The number of rotatable bonds is 6. The highest BCUT2D eigenvalue weighted by atomic mass is 79.9. The van der Waals surface area contributed by atoms with Crippen LogP contribution in [-0.4, -0.2) is 42.9 Å². The van der Waals surface area contributed by atoms with E-state index in [9.17, 15) is 31.5 Å². The van der Waals surface area contributed by atoms with E-state index >= 15 is 0 Å². The highest BCUT2D eigenvalue weighted by Crippen LogP contribution is 2.24. The van der Waals surface area contributed by atoms with Gasteiger partial charge in [0.25, 0.3) is 5.56 Å². The van der Waals surface area contributed by atoms with Gasteiger partial charge in [0.2, 0.25) is 5.82 Å². The first-order chi connectivity index (χ1) is 16.7. The molecule has 1 aromatic carbocycles. The van der Waals surface area contributed by atoms with Crippen molar-refractivity contribution in [2.75, 3.05) is 0 Å². The smallest absolute Gasteiger partial charge is 0.487 e. The van der Waals surface area contributed by atoms with E-state index in [-0.39, 0.29) is 34.8 Å². The fourth-order valence-corrected chi connectivity index (χ4v) is 3.00. The number of carboxylic acid groups (broad SMARTS) is 2. The van der Waals surface area contributed by atoms with Gasteiger partial charge in [-0.1, -0.05) is 0 Å². The fourth-order valence-electron chi connectivity index (χ4n) is 2.56. The summed E-state index contributed by atoms with van der Waals surface area (Å²) in [6, 6.07) is 6.22. The van der Waals surface area contributed by atoms with E-state index in [1.807, 2.05) is 0 Å². The number of aryl methyl sites for hydroxylation is 1. The van der Waals surface area contributed by atoms with Gasteiger partial charge in [0.15, 0.2) is 0 Å². The molecule has 3 aromatic rings. The van der Waals surface area contributed by atoms with Crippen molar-refractivity contribution in [1.29, 1.82) is 0 Å². The van der Waals surface area contributed by atoms with Gasteiger partial charge in [-0.2, -0.15) is 13.2 Å². The lowest BCUT2D eigenvalue weighted by Crippen LogP contribution is -2.25. The Labute approximate surface area is 206 Å². The van der Waals surface area contributed by atoms with Crippen molar-refractivity contribution in [1.82, 2.24) is 14.5 Å². The van der Waals surface area contributed by atoms with Crippen LogP contribution in [0, 0.1) is 18.6 Å². The molecule has 15 heteroatoms. The number of aromatic nitrogens is 3. The average Bonchev–Trinajstić information content (AvgIpc) is 2.79. The second kappa shape index (κ2) is 11.7. The van der Waals surface area contributed by atoms with Crippen LogP contribution in [0.25, 0.3) is 0 Å². The third kappa shape index (κ3) is 7.56. The molecule has 3 rings (SSSR count). The van der Waals surface area contributed by atoms with Gasteiger partial charge < -0.3 is 19.5 Å². The van der Waals surface area contributed by atoms with Crippen molar-refractivity contribution >= 4 is 27.9 Å². The zero-order chi connectivity index (χ0) is 27.2. The summed E-state index contributed by atoms with van der Waals surface area (Å²) < 4.78 is 65.5. The molecule has 0 amide bonds. The highest BCUT2D eigenvalue weighted by Gasteiger charge is 2.38. The maximum atomic E-state index is 13.8. The normalized spacial score (nSPS) is 10.9. The summed E-state index contributed by atoms with van der Waals surface area (Å²) in [5.41, 5.74) is 0.567. The van der Waals surface area contributed by atoms with Gasteiger partial charge in [-0.15, -0.1) is 0 Å². The van der Waals surface area contributed by atoms with Crippen LogP contribution in [0.5, 0.6) is 5.75 Å². The van der Waals surface area contributed by atoms with Gasteiger partial charge in [0.05, 0.1) is 12.2 Å². The predicted molar refractivity (Wildman–Crippen MR) is 116 cm³/mol. The number of carboxylic acids is 2. The number of pyridine rings is 1. The molecule has 2 N–H and O–H groups in total. The van der Waals surface area contributed by atoms with Crippen LogP contribution in [0.1, 0.15) is 27.6 Å². The predicted octanol–water partition coefficient (Wildman–Crippen LogP) is 3.95. The van der Waals surface area contributed by atoms with Crippen LogP contribution in [0.15, 0.2) is 45.8 Å². The zero-order valence-electron chi connectivity index (χ0n) is 18.0. The van der Waals surface area contributed by atoms with Gasteiger partial charge in [0.1, 0.15) is 28.5 Å². The van der Waals surface area contributed by atoms with Crippen LogP contribution in [0.3, 0.4) is 0 Å². The first-order valence-electron chi connectivity index (χ1n) is 9.52. The molecular weight excluding hydrogens is 565 g/mol. The van der Waals surface area contributed by atoms with E-state index < -0.39 is 35.3 Å². The van der Waals surface area contributed by atoms with Crippen molar-refractivity contribution in [3.63, 3.8) is 0 Å². The van der Waals surface area contributed by atoms with E-state index in [4.69, 9.17) is 19.7 Å². The van der Waals surface area contributed by atoms with Crippen LogP contribution in [-0.2, 0) is 17.9 Å². The SMILES string of the molecule is Cc1cc(OCc2ccc(F)cc2F)c(Br)c(=O)n1Cc1ccnc(C(=O)O)n1.O=C(O)C(F)(F)F. The first-order valence-corrected chi connectivity index (χ1v) is 10.3. The lowest BCUT2D eigenvalue weighted by Gasteiger charge is -2.14. The lowest BCUT2D eigenvalue weighted by atomic mass is 10.2. The van der Waals surface area contributed by atoms with E-state index in [2.05, 4.69) is 25.9 Å². The molecule has 0 saturated heterocycles. The molecule has 36 heavy (non-hydrogen) atoms. The van der Waals surface area contributed by atoms with Gasteiger partial charge in [-0.25, -0.2) is 28.3 Å². The number of benzene rings is 1. The minimum atomic E-state index is -5.08. The standard InChI is InChI=1S/C19H14BrF2N3O4.C2HF3O2/c1-10-6-15(29-9-11-2-3-12(21)7-14(11)22)16(20)18(26)25(10)8-13-4-5-23-17(24-13)19(27)28;3-2(4,5)1(6)7/h2-7H,8-9H2,1H3,(H,27,28);(H,6,7). The summed E-state index contributed by atoms with van der Waals surface area (Å²) in [6.07, 6.45) is -3.78. The summed E-state index contributed by atoms with van der Waals surface area (Å²) in [7, 11) is 0. The third-order valence-corrected chi connectivity index (χ3v) is 5.01. The largest absolute Gasteiger partial charge is 0.490 e. The Morgan fingerprint density at radius 3 is 2.33 bits per heavy atom. The maximum Gasteiger partial charge on any atom is 0.490 e. The van der Waals surface area contributed by atoms with Crippen molar-refractivity contribution < 1.29 is 46.5 Å². The number of aliphatic carboxylic acids is 1. The lowest BCUT2D eigenvalue weighted by molar-refractivity contribution is -0.192. The van der Waals surface area contributed by atoms with E-state index in [1.165, 1.54) is 22.9 Å². The zero-order valence-corrected chi connectivity index (χ0v) is 19.6. The van der Waals surface area contributed by atoms with Crippen molar-refractivity contribution in [2.45, 2.75) is 26.3 Å². The number of carbonyl (C=O) groups is 2. The summed E-state index contributed by atoms with van der Waals surface area (Å²) in [4.78, 5) is 40.2. The molecule has 0 aliphatic heterocycles. The molecule has 0 fully saturated rings. The van der Waals surface area contributed by atoms with Gasteiger partial charge in [-0.3, -0.25) is 4.79 Å². The minimum absolute atomic E-state index is 0.0267. The molecule has 192 valence electrons. The molecule has 0 radical (unpaired) electrons. The number of halogens is 6. The molecule has 0 spiro atoms. The summed E-state index contributed by atoms with van der Waals surface area (Å²) in [5, 5.41) is 16.1. The Morgan fingerprint density at radius 2 is 1.78 bits per heavy atom. The molecule has 0 saturated carbocycles. The number of aromatic carboxylic acids is 1. The van der Waals surface area contributed by atoms with Crippen LogP contribution in [0.2, 0.25) is 0 Å². The molecule has 0 atom stereocenters. The molecule has 2 aromatic heterocycles. The Bertz CT molecular complexity index is 1350.